The van der Waals surface area contributed by atoms with Crippen LogP contribution in [0.1, 0.15) is 89.9 Å². The van der Waals surface area contributed by atoms with Gasteiger partial charge in [0.1, 0.15) is 17.6 Å². The molecular formula is C36H54ClN7O4SSi. The third-order valence-electron chi connectivity index (χ3n) is 10.3. The fourth-order valence-corrected chi connectivity index (χ4v) is 8.83. The van der Waals surface area contributed by atoms with Crippen molar-refractivity contribution >= 4 is 42.6 Å². The van der Waals surface area contributed by atoms with Gasteiger partial charge in [-0.15, -0.1) is 5.10 Å². The van der Waals surface area contributed by atoms with Crippen molar-refractivity contribution in [3.8, 4) is 11.7 Å². The number of nitrogens with zero attached hydrogens (tertiary/aromatic N) is 4. The lowest BCUT2D eigenvalue weighted by atomic mass is 9.94. The molecule has 3 aromatic rings. The highest BCUT2D eigenvalue weighted by Crippen LogP contribution is 2.40. The molecule has 0 spiro atoms. The topological polar surface area (TPSA) is 132 Å². The van der Waals surface area contributed by atoms with E-state index in [0.717, 1.165) is 38.8 Å². The fourth-order valence-electron chi connectivity index (χ4n) is 6.46. The predicted octanol–water partition coefficient (Wildman–Crippen LogP) is 7.31. The van der Waals surface area contributed by atoms with Crippen molar-refractivity contribution in [3.63, 3.8) is 0 Å². The van der Waals surface area contributed by atoms with Crippen LogP contribution in [0.25, 0.3) is 5.82 Å². The largest absolute Gasteiger partial charge is 0.474 e. The van der Waals surface area contributed by atoms with Crippen LogP contribution in [0.2, 0.25) is 23.3 Å². The molecule has 14 heteroatoms. The summed E-state index contributed by atoms with van der Waals surface area (Å²) >= 11 is 6.46. The number of pyridine rings is 2. The van der Waals surface area contributed by atoms with Crippen LogP contribution in [0.3, 0.4) is 0 Å². The first-order chi connectivity index (χ1) is 23.6. The molecule has 2 fully saturated rings. The predicted molar refractivity (Wildman–Crippen MR) is 202 cm³/mol. The number of carbonyl (C=O) groups is 1. The second-order valence-corrected chi connectivity index (χ2v) is 22.1. The average Bonchev–Trinajstić information content (AvgIpc) is 3.83. The van der Waals surface area contributed by atoms with Crippen LogP contribution in [0.4, 0.5) is 5.82 Å². The second kappa shape index (κ2) is 16.2. The second-order valence-electron chi connectivity index (χ2n) is 15.8. The number of nitrogens with one attached hydrogen (secondary N) is 3. The Bertz CT molecular complexity index is 1640. The number of rotatable bonds is 15. The highest BCUT2D eigenvalue weighted by atomic mass is 35.5. The first kappa shape index (κ1) is 38.4. The molecule has 0 bridgehead atoms. The standard InChI is InChI=1S/C36H54ClN7O4SSi/c1-35(2,3)50(6,7)48-28(26-13-8-9-14-26)24-47-31-19-21-44(42-31)30-18-17-27(33(37)41-30)34(45)43-49(46)32-16-10-15-29(40-32)38-20-11-12-25-22-36(4,5)39-23-25/h10,15-19,21,25-26,28,39H,8-9,11-14,20,22-24H2,1-7H3,(H,38,40)(H,43,45)/t25-,28?,49?/m0/s1. The van der Waals surface area contributed by atoms with Crippen LogP contribution in [0.5, 0.6) is 5.88 Å². The smallest absolute Gasteiger partial charge is 0.266 e. The van der Waals surface area contributed by atoms with Crippen molar-refractivity contribution in [2.45, 2.75) is 114 Å². The van der Waals surface area contributed by atoms with Crippen molar-refractivity contribution in [1.29, 1.82) is 0 Å². The SMILES string of the molecule is CC1(C)C[C@H](CCCNc2cccc(S(=O)NC(=O)c3ccc(-n4ccc(OCC(O[Si](C)(C)C(C)(C)C)C5CCCC5)n4)nc3Cl)n2)CN1. The molecule has 1 aliphatic heterocycles. The lowest BCUT2D eigenvalue weighted by Crippen LogP contribution is -2.47. The Morgan fingerprint density at radius 3 is 2.60 bits per heavy atom. The van der Waals surface area contributed by atoms with Crippen LogP contribution in [-0.2, 0) is 15.4 Å². The molecule has 274 valence electrons. The normalized spacial score (nSPS) is 19.3. The summed E-state index contributed by atoms with van der Waals surface area (Å²) in [6, 6.07) is 10.2. The molecule has 2 unspecified atom stereocenters. The molecule has 3 N–H and O–H groups in total. The van der Waals surface area contributed by atoms with Crippen LogP contribution in [-0.4, -0.2) is 69.5 Å². The Balaban J connectivity index is 1.14. The molecule has 1 amide bonds. The van der Waals surface area contributed by atoms with Gasteiger partial charge in [-0.05, 0) is 107 Å². The van der Waals surface area contributed by atoms with E-state index >= 15 is 0 Å². The zero-order valence-corrected chi connectivity index (χ0v) is 33.1. The lowest BCUT2D eigenvalue weighted by molar-refractivity contribution is 0.0661. The highest BCUT2D eigenvalue weighted by molar-refractivity contribution is 7.83. The van der Waals surface area contributed by atoms with E-state index < -0.39 is 25.2 Å². The summed E-state index contributed by atoms with van der Waals surface area (Å²) in [7, 11) is -3.87. The van der Waals surface area contributed by atoms with Crippen LogP contribution in [0.15, 0.2) is 47.6 Å². The van der Waals surface area contributed by atoms with Gasteiger partial charge in [-0.2, -0.15) is 0 Å². The third-order valence-corrected chi connectivity index (χ3v) is 16.1. The number of aromatic nitrogens is 4. The van der Waals surface area contributed by atoms with Gasteiger partial charge in [0.2, 0.25) is 5.88 Å². The molecule has 0 aromatic carbocycles. The minimum Gasteiger partial charge on any atom is -0.474 e. The number of hydrogen-bond donors (Lipinski definition) is 3. The van der Waals surface area contributed by atoms with E-state index in [2.05, 4.69) is 78.1 Å². The maximum Gasteiger partial charge on any atom is 0.266 e. The summed E-state index contributed by atoms with van der Waals surface area (Å²) in [4.78, 5) is 21.9. The quantitative estimate of drug-likeness (QED) is 0.0833. The summed E-state index contributed by atoms with van der Waals surface area (Å²) in [6.45, 7) is 18.1. The van der Waals surface area contributed by atoms with Gasteiger partial charge in [-0.3, -0.25) is 9.52 Å². The highest BCUT2D eigenvalue weighted by Gasteiger charge is 2.41. The van der Waals surface area contributed by atoms with Gasteiger partial charge in [0.25, 0.3) is 5.91 Å². The monoisotopic (exact) mass is 743 g/mol. The van der Waals surface area contributed by atoms with Gasteiger partial charge in [0.05, 0.1) is 11.7 Å². The summed E-state index contributed by atoms with van der Waals surface area (Å²) in [5.74, 6) is 2.02. The minimum atomic E-state index is -1.98. The van der Waals surface area contributed by atoms with Crippen molar-refractivity contribution < 1.29 is 18.2 Å². The summed E-state index contributed by atoms with van der Waals surface area (Å²) < 4.78 is 30.1. The molecule has 3 aromatic heterocycles. The summed E-state index contributed by atoms with van der Waals surface area (Å²) in [5.41, 5.74) is 0.303. The number of anilines is 1. The average molecular weight is 744 g/mol. The molecule has 0 radical (unpaired) electrons. The van der Waals surface area contributed by atoms with E-state index in [4.69, 9.17) is 20.8 Å². The van der Waals surface area contributed by atoms with Gasteiger partial charge < -0.3 is 19.8 Å². The first-order valence-electron chi connectivity index (χ1n) is 17.8. The van der Waals surface area contributed by atoms with Crippen molar-refractivity contribution in [2.75, 3.05) is 25.0 Å². The zero-order valence-electron chi connectivity index (χ0n) is 30.6. The van der Waals surface area contributed by atoms with Crippen LogP contribution in [0, 0.1) is 11.8 Å². The van der Waals surface area contributed by atoms with Gasteiger partial charge >= 0.3 is 0 Å². The first-order valence-corrected chi connectivity index (χ1v) is 22.3. The van der Waals surface area contributed by atoms with E-state index in [1.165, 1.54) is 25.3 Å². The molecule has 3 atom stereocenters. The Hall–Kier alpha value is -2.84. The van der Waals surface area contributed by atoms with E-state index in [0.29, 0.717) is 36.0 Å². The Labute approximate surface area is 305 Å². The lowest BCUT2D eigenvalue weighted by Gasteiger charge is -2.40. The summed E-state index contributed by atoms with van der Waals surface area (Å²) in [6.07, 6.45) is 9.84. The molecular weight excluding hydrogens is 690 g/mol. The van der Waals surface area contributed by atoms with E-state index in [1.54, 1.807) is 35.1 Å². The van der Waals surface area contributed by atoms with Gasteiger partial charge in [0.15, 0.2) is 30.1 Å². The van der Waals surface area contributed by atoms with Crippen molar-refractivity contribution in [1.82, 2.24) is 29.8 Å². The van der Waals surface area contributed by atoms with E-state index in [9.17, 15) is 9.00 Å². The zero-order chi connectivity index (χ0) is 36.1. The molecule has 5 rings (SSSR count). The van der Waals surface area contributed by atoms with Gasteiger partial charge in [0, 0.05) is 24.3 Å². The number of halogens is 1. The maximum absolute atomic E-state index is 13.1. The fraction of sp³-hybridized carbons (Fsp3) is 0.611. The van der Waals surface area contributed by atoms with E-state index in [-0.39, 0.29) is 32.4 Å². The molecule has 1 aliphatic carbocycles. The number of ether oxygens (including phenoxy) is 1. The van der Waals surface area contributed by atoms with Crippen LogP contribution >= 0.6 is 11.6 Å². The van der Waals surface area contributed by atoms with Crippen LogP contribution < -0.4 is 20.1 Å². The van der Waals surface area contributed by atoms with Gasteiger partial charge in [-0.25, -0.2) is 18.9 Å². The molecule has 50 heavy (non-hydrogen) atoms. The number of carbonyl (C=O) groups excluding carboxylic acids is 1. The molecule has 1 saturated carbocycles. The molecule has 2 aliphatic rings. The summed E-state index contributed by atoms with van der Waals surface area (Å²) in [5, 5.41) is 11.7. The van der Waals surface area contributed by atoms with Crippen molar-refractivity contribution in [3.05, 3.63) is 53.3 Å². The van der Waals surface area contributed by atoms with Gasteiger partial charge in [-0.1, -0.05) is 51.3 Å². The Morgan fingerprint density at radius 2 is 1.92 bits per heavy atom. The van der Waals surface area contributed by atoms with Crippen molar-refractivity contribution in [2.24, 2.45) is 11.8 Å². The molecule has 4 heterocycles. The molecule has 1 saturated heterocycles. The van der Waals surface area contributed by atoms with E-state index in [1.807, 2.05) is 6.07 Å². The minimum absolute atomic E-state index is 0.0191. The number of amides is 1. The Kier molecular flexibility index (Phi) is 12.5. The third kappa shape index (κ3) is 10.1. The Morgan fingerprint density at radius 1 is 1.16 bits per heavy atom. The number of hydrogen-bond acceptors (Lipinski definition) is 9. The maximum atomic E-state index is 13.1. The molecule has 11 nitrogen and oxygen atoms in total.